The lowest BCUT2D eigenvalue weighted by atomic mass is 10.1. The summed E-state index contributed by atoms with van der Waals surface area (Å²) in [6.07, 6.45) is 3.58. The van der Waals surface area contributed by atoms with Crippen LogP contribution in [0.5, 0.6) is 0 Å². The van der Waals surface area contributed by atoms with Crippen LogP contribution in [0, 0.1) is 0 Å². The first-order valence-electron chi connectivity index (χ1n) is 8.14. The van der Waals surface area contributed by atoms with Crippen LogP contribution in [-0.4, -0.2) is 35.0 Å². The Morgan fingerprint density at radius 3 is 2.50 bits per heavy atom. The van der Waals surface area contributed by atoms with Crippen LogP contribution >= 0.6 is 0 Å². The summed E-state index contributed by atoms with van der Waals surface area (Å²) in [5, 5.41) is 11.0. The van der Waals surface area contributed by atoms with Crippen molar-refractivity contribution in [1.82, 2.24) is 10.2 Å². The third-order valence-corrected chi connectivity index (χ3v) is 4.09. The van der Waals surface area contributed by atoms with Crippen LogP contribution in [0.15, 0.2) is 36.4 Å². The molecule has 1 N–H and O–H groups in total. The summed E-state index contributed by atoms with van der Waals surface area (Å²) in [6.45, 7) is 3.46. The topological polar surface area (TPSA) is 75.2 Å². The van der Waals surface area contributed by atoms with E-state index in [2.05, 4.69) is 20.4 Å². The number of anilines is 2. The summed E-state index contributed by atoms with van der Waals surface area (Å²) in [5.74, 6) is 0.426. The summed E-state index contributed by atoms with van der Waals surface area (Å²) in [6, 6.07) is 10.3. The Hall–Kier alpha value is -2.76. The van der Waals surface area contributed by atoms with E-state index in [9.17, 15) is 9.59 Å². The van der Waals surface area contributed by atoms with E-state index in [0.717, 1.165) is 31.7 Å². The number of hydrogen-bond acceptors (Lipinski definition) is 5. The highest BCUT2D eigenvalue weighted by Crippen LogP contribution is 2.17. The summed E-state index contributed by atoms with van der Waals surface area (Å²) >= 11 is 0. The van der Waals surface area contributed by atoms with Crippen molar-refractivity contribution < 1.29 is 9.59 Å². The molecule has 0 saturated carbocycles. The first kappa shape index (κ1) is 16.1. The molecule has 2 aromatic rings. The molecule has 1 aromatic carbocycles. The van der Waals surface area contributed by atoms with E-state index >= 15 is 0 Å². The van der Waals surface area contributed by atoms with Crippen LogP contribution < -0.4 is 10.2 Å². The zero-order chi connectivity index (χ0) is 16.9. The van der Waals surface area contributed by atoms with Gasteiger partial charge in [-0.2, -0.15) is 0 Å². The van der Waals surface area contributed by atoms with Crippen LogP contribution in [0.25, 0.3) is 0 Å². The molecular weight excluding hydrogens is 304 g/mol. The Labute approximate surface area is 140 Å². The number of Topliss-reactive ketones (excluding diaryl/α,β-unsaturated/α-hetero) is 1. The lowest BCUT2D eigenvalue weighted by Gasteiger charge is -2.27. The van der Waals surface area contributed by atoms with Gasteiger partial charge in [0.25, 0.3) is 5.91 Å². The number of hydrogen-bond donors (Lipinski definition) is 1. The SMILES string of the molecule is CC(=O)c1cccc(NC(=O)c2ccc(N3CCCCC3)nn2)c1. The standard InChI is InChI=1S/C18H20N4O2/c1-13(23)14-6-5-7-15(12-14)19-18(24)16-8-9-17(21-20-16)22-10-3-2-4-11-22/h5-9,12H,2-4,10-11H2,1H3,(H,19,24). The van der Waals surface area contributed by atoms with Gasteiger partial charge in [-0.25, -0.2) is 0 Å². The first-order chi connectivity index (χ1) is 11.6. The Morgan fingerprint density at radius 1 is 1.04 bits per heavy atom. The molecule has 1 amide bonds. The number of benzene rings is 1. The second-order valence-electron chi connectivity index (χ2n) is 5.92. The normalized spacial score (nSPS) is 14.3. The lowest BCUT2D eigenvalue weighted by Crippen LogP contribution is -2.30. The largest absolute Gasteiger partial charge is 0.355 e. The molecule has 6 heteroatoms. The number of amides is 1. The van der Waals surface area contributed by atoms with Crippen molar-refractivity contribution in [3.8, 4) is 0 Å². The second-order valence-corrected chi connectivity index (χ2v) is 5.92. The molecule has 0 spiro atoms. The number of nitrogens with zero attached hydrogens (tertiary/aromatic N) is 3. The summed E-state index contributed by atoms with van der Waals surface area (Å²) in [7, 11) is 0. The molecule has 0 atom stereocenters. The van der Waals surface area contributed by atoms with Crippen molar-refractivity contribution in [3.63, 3.8) is 0 Å². The zero-order valence-corrected chi connectivity index (χ0v) is 13.7. The molecular formula is C18H20N4O2. The first-order valence-corrected chi connectivity index (χ1v) is 8.14. The molecule has 0 bridgehead atoms. The van der Waals surface area contributed by atoms with Crippen molar-refractivity contribution in [1.29, 1.82) is 0 Å². The van der Waals surface area contributed by atoms with Gasteiger partial charge in [0.1, 0.15) is 0 Å². The molecule has 0 unspecified atom stereocenters. The van der Waals surface area contributed by atoms with Crippen molar-refractivity contribution >= 4 is 23.2 Å². The van der Waals surface area contributed by atoms with Gasteiger partial charge in [0, 0.05) is 24.3 Å². The molecule has 1 fully saturated rings. The number of carbonyl (C=O) groups excluding carboxylic acids is 2. The average Bonchev–Trinajstić information content (AvgIpc) is 2.63. The Kier molecular flexibility index (Phi) is 4.84. The highest BCUT2D eigenvalue weighted by atomic mass is 16.2. The third kappa shape index (κ3) is 3.76. The minimum Gasteiger partial charge on any atom is -0.355 e. The van der Waals surface area contributed by atoms with Crippen molar-refractivity contribution in [2.45, 2.75) is 26.2 Å². The van der Waals surface area contributed by atoms with Crippen LogP contribution in [-0.2, 0) is 0 Å². The molecule has 0 radical (unpaired) electrons. The van der Waals surface area contributed by atoms with Crippen LogP contribution in [0.1, 0.15) is 47.0 Å². The van der Waals surface area contributed by atoms with E-state index in [-0.39, 0.29) is 17.4 Å². The minimum absolute atomic E-state index is 0.0447. The van der Waals surface area contributed by atoms with Crippen LogP contribution in [0.2, 0.25) is 0 Å². The Bertz CT molecular complexity index is 737. The summed E-state index contributed by atoms with van der Waals surface area (Å²) in [5.41, 5.74) is 1.37. The fourth-order valence-corrected chi connectivity index (χ4v) is 2.75. The van der Waals surface area contributed by atoms with E-state index in [1.807, 2.05) is 6.07 Å². The lowest BCUT2D eigenvalue weighted by molar-refractivity contribution is 0.100. The van der Waals surface area contributed by atoms with E-state index in [1.165, 1.54) is 13.3 Å². The van der Waals surface area contributed by atoms with Gasteiger partial charge in [-0.1, -0.05) is 12.1 Å². The highest BCUT2D eigenvalue weighted by Gasteiger charge is 2.14. The molecule has 1 aliphatic rings. The van der Waals surface area contributed by atoms with E-state index in [4.69, 9.17) is 0 Å². The molecule has 1 aliphatic heterocycles. The van der Waals surface area contributed by atoms with Gasteiger partial charge < -0.3 is 10.2 Å². The number of carbonyl (C=O) groups is 2. The number of aromatic nitrogens is 2. The molecule has 0 aliphatic carbocycles. The maximum Gasteiger partial charge on any atom is 0.276 e. The van der Waals surface area contributed by atoms with Gasteiger partial charge in [0.15, 0.2) is 17.3 Å². The molecule has 1 saturated heterocycles. The molecule has 2 heterocycles. The Morgan fingerprint density at radius 2 is 1.83 bits per heavy atom. The number of piperidine rings is 1. The van der Waals surface area contributed by atoms with E-state index < -0.39 is 0 Å². The third-order valence-electron chi connectivity index (χ3n) is 4.09. The fourth-order valence-electron chi connectivity index (χ4n) is 2.75. The zero-order valence-electron chi connectivity index (χ0n) is 13.7. The van der Waals surface area contributed by atoms with Crippen molar-refractivity contribution in [3.05, 3.63) is 47.7 Å². The van der Waals surface area contributed by atoms with Gasteiger partial charge in [-0.05, 0) is 50.5 Å². The average molecular weight is 324 g/mol. The predicted molar refractivity (Wildman–Crippen MR) is 92.5 cm³/mol. The van der Waals surface area contributed by atoms with Gasteiger partial charge in [0.2, 0.25) is 0 Å². The van der Waals surface area contributed by atoms with Crippen molar-refractivity contribution in [2.75, 3.05) is 23.3 Å². The maximum atomic E-state index is 12.3. The quantitative estimate of drug-likeness (QED) is 0.875. The Balaban J connectivity index is 1.68. The van der Waals surface area contributed by atoms with E-state index in [0.29, 0.717) is 11.3 Å². The maximum absolute atomic E-state index is 12.3. The summed E-state index contributed by atoms with van der Waals surface area (Å²) in [4.78, 5) is 25.9. The van der Waals surface area contributed by atoms with Crippen LogP contribution in [0.3, 0.4) is 0 Å². The van der Waals surface area contributed by atoms with Gasteiger partial charge in [0.05, 0.1) is 0 Å². The molecule has 1 aromatic heterocycles. The summed E-state index contributed by atoms with van der Waals surface area (Å²) < 4.78 is 0. The van der Waals surface area contributed by atoms with Gasteiger partial charge in [-0.15, -0.1) is 10.2 Å². The van der Waals surface area contributed by atoms with Gasteiger partial charge >= 0.3 is 0 Å². The van der Waals surface area contributed by atoms with Crippen LogP contribution in [0.4, 0.5) is 11.5 Å². The smallest absolute Gasteiger partial charge is 0.276 e. The van der Waals surface area contributed by atoms with Crippen molar-refractivity contribution in [2.24, 2.45) is 0 Å². The fraction of sp³-hybridized carbons (Fsp3) is 0.333. The molecule has 3 rings (SSSR count). The van der Waals surface area contributed by atoms with Gasteiger partial charge in [-0.3, -0.25) is 9.59 Å². The number of ketones is 1. The molecule has 24 heavy (non-hydrogen) atoms. The molecule has 124 valence electrons. The number of nitrogens with one attached hydrogen (secondary N) is 1. The monoisotopic (exact) mass is 324 g/mol. The minimum atomic E-state index is -0.339. The van der Waals surface area contributed by atoms with E-state index in [1.54, 1.807) is 30.3 Å². The highest BCUT2D eigenvalue weighted by molar-refractivity contribution is 6.03. The predicted octanol–water partition coefficient (Wildman–Crippen LogP) is 2.92. The number of rotatable bonds is 4. The second kappa shape index (κ2) is 7.21. The molecule has 6 nitrogen and oxygen atoms in total.